The van der Waals surface area contributed by atoms with Gasteiger partial charge in [-0.1, -0.05) is 0 Å². The Kier molecular flexibility index (Phi) is 2.86. The minimum Gasteiger partial charge on any atom is -0.459 e. The minimum absolute atomic E-state index is 0.0832. The van der Waals surface area contributed by atoms with Crippen molar-refractivity contribution in [1.29, 1.82) is 0 Å². The zero-order valence-corrected chi connectivity index (χ0v) is 7.80. The van der Waals surface area contributed by atoms with Gasteiger partial charge in [0.1, 0.15) is 0 Å². The first-order chi connectivity index (χ1) is 6.11. The van der Waals surface area contributed by atoms with E-state index in [4.69, 9.17) is 10.2 Å². The van der Waals surface area contributed by atoms with Crippen molar-refractivity contribution in [3.05, 3.63) is 24.2 Å². The lowest BCUT2D eigenvalue weighted by atomic mass is 10.4. The molecular weight excluding hydrogens is 190 g/mol. The summed E-state index contributed by atoms with van der Waals surface area (Å²) in [6, 6.07) is 3.17. The van der Waals surface area contributed by atoms with Crippen LogP contribution in [0.15, 0.2) is 22.8 Å². The molecule has 0 bridgehead atoms. The van der Waals surface area contributed by atoms with Crippen molar-refractivity contribution in [1.82, 2.24) is 10.4 Å². The number of nitrogens with two attached hydrogens (primary N) is 1. The second kappa shape index (κ2) is 3.90. The molecule has 6 heteroatoms. The van der Waals surface area contributed by atoms with E-state index in [1.165, 1.54) is 11.3 Å². The Labute approximate surface area is 80.5 Å². The molecule has 0 spiro atoms. The Balaban J connectivity index is 2.56. The van der Waals surface area contributed by atoms with Crippen LogP contribution in [0.2, 0.25) is 0 Å². The summed E-state index contributed by atoms with van der Waals surface area (Å²) in [6.45, 7) is 0. The van der Waals surface area contributed by atoms with Gasteiger partial charge in [0.15, 0.2) is 10.9 Å². The van der Waals surface area contributed by atoms with E-state index in [9.17, 15) is 4.79 Å². The third kappa shape index (κ3) is 2.45. The number of carbonyl (C=O) groups is 1. The number of hydrazine groups is 1. The first kappa shape index (κ1) is 9.53. The van der Waals surface area contributed by atoms with E-state index < -0.39 is 0 Å². The number of carbonyl (C=O) groups excluding carboxylic acids is 1. The molecule has 3 N–H and O–H groups in total. The first-order valence-corrected chi connectivity index (χ1v) is 3.89. The second-order valence-electron chi connectivity index (χ2n) is 2.32. The molecule has 1 heterocycles. The summed E-state index contributed by atoms with van der Waals surface area (Å²) >= 11 is 4.62. The maximum absolute atomic E-state index is 11.3. The van der Waals surface area contributed by atoms with Crippen molar-refractivity contribution in [3.63, 3.8) is 0 Å². The van der Waals surface area contributed by atoms with Crippen LogP contribution in [0.4, 0.5) is 0 Å². The fraction of sp³-hybridized carbons (Fsp3) is 0.143. The monoisotopic (exact) mass is 199 g/mol. The molecule has 5 nitrogen and oxygen atoms in total. The summed E-state index contributed by atoms with van der Waals surface area (Å²) in [5.74, 6) is -0.177. The maximum atomic E-state index is 11.3. The highest BCUT2D eigenvalue weighted by Crippen LogP contribution is 1.98. The third-order valence-corrected chi connectivity index (χ3v) is 1.62. The fourth-order valence-electron chi connectivity index (χ4n) is 0.670. The van der Waals surface area contributed by atoms with Gasteiger partial charge in [-0.05, 0) is 24.4 Å². The summed E-state index contributed by atoms with van der Waals surface area (Å²) in [5, 5.41) is 1.32. The van der Waals surface area contributed by atoms with E-state index in [-0.39, 0.29) is 16.8 Å². The van der Waals surface area contributed by atoms with Gasteiger partial charge in [0, 0.05) is 7.05 Å². The number of thiocarbonyl (C=S) groups is 1. The average Bonchev–Trinajstić information content (AvgIpc) is 2.55. The number of nitrogens with zero attached hydrogens (tertiary/aromatic N) is 1. The lowest BCUT2D eigenvalue weighted by Gasteiger charge is -2.16. The summed E-state index contributed by atoms with van der Waals surface area (Å²) in [5.41, 5.74) is 7.67. The average molecular weight is 199 g/mol. The molecule has 1 aromatic heterocycles. The van der Waals surface area contributed by atoms with Crippen LogP contribution < -0.4 is 11.2 Å². The van der Waals surface area contributed by atoms with E-state index in [0.29, 0.717) is 0 Å². The van der Waals surface area contributed by atoms with Crippen LogP contribution in [-0.2, 0) is 0 Å². The van der Waals surface area contributed by atoms with Crippen molar-refractivity contribution in [2.45, 2.75) is 0 Å². The molecule has 1 amide bonds. The SMILES string of the molecule is CN(NC(=O)c1ccco1)C(N)=S. The number of furan rings is 1. The zero-order chi connectivity index (χ0) is 9.84. The molecule has 0 aromatic carbocycles. The van der Waals surface area contributed by atoms with Gasteiger partial charge in [0.25, 0.3) is 0 Å². The van der Waals surface area contributed by atoms with E-state index in [0.717, 1.165) is 0 Å². The molecular formula is C7H9N3O2S. The number of hydrogen-bond acceptors (Lipinski definition) is 3. The Hall–Kier alpha value is -1.56. The first-order valence-electron chi connectivity index (χ1n) is 3.49. The molecule has 0 saturated carbocycles. The minimum atomic E-state index is -0.389. The Morgan fingerprint density at radius 3 is 2.92 bits per heavy atom. The van der Waals surface area contributed by atoms with Crippen molar-refractivity contribution in [2.24, 2.45) is 5.73 Å². The van der Waals surface area contributed by atoms with Crippen LogP contribution in [0, 0.1) is 0 Å². The fourth-order valence-corrected chi connectivity index (χ4v) is 0.716. The van der Waals surface area contributed by atoms with Crippen molar-refractivity contribution >= 4 is 23.2 Å². The second-order valence-corrected chi connectivity index (χ2v) is 2.73. The van der Waals surface area contributed by atoms with Crippen molar-refractivity contribution in [2.75, 3.05) is 7.05 Å². The number of nitrogens with one attached hydrogen (secondary N) is 1. The van der Waals surface area contributed by atoms with Gasteiger partial charge in [-0.2, -0.15) is 0 Å². The number of hydrogen-bond donors (Lipinski definition) is 2. The van der Waals surface area contributed by atoms with Gasteiger partial charge < -0.3 is 10.2 Å². The topological polar surface area (TPSA) is 71.5 Å². The molecule has 0 aliphatic heterocycles. The smallest absolute Gasteiger partial charge is 0.305 e. The third-order valence-electron chi connectivity index (χ3n) is 1.34. The molecule has 0 fully saturated rings. The number of rotatable bonds is 1. The Morgan fingerprint density at radius 2 is 2.46 bits per heavy atom. The maximum Gasteiger partial charge on any atom is 0.305 e. The van der Waals surface area contributed by atoms with Crippen LogP contribution in [0.3, 0.4) is 0 Å². The molecule has 1 aromatic rings. The highest BCUT2D eigenvalue weighted by molar-refractivity contribution is 7.80. The highest BCUT2D eigenvalue weighted by Gasteiger charge is 2.10. The molecule has 0 radical (unpaired) electrons. The van der Waals surface area contributed by atoms with Gasteiger partial charge in [0.05, 0.1) is 6.26 Å². The zero-order valence-electron chi connectivity index (χ0n) is 6.98. The normalized spacial score (nSPS) is 9.31. The predicted octanol–water partition coefficient (Wildman–Crippen LogP) is 0.0998. The van der Waals surface area contributed by atoms with E-state index in [2.05, 4.69) is 17.6 Å². The van der Waals surface area contributed by atoms with Gasteiger partial charge in [-0.3, -0.25) is 15.2 Å². The van der Waals surface area contributed by atoms with Gasteiger partial charge >= 0.3 is 5.91 Å². The van der Waals surface area contributed by atoms with Crippen LogP contribution in [0.25, 0.3) is 0 Å². The van der Waals surface area contributed by atoms with Crippen LogP contribution in [0.5, 0.6) is 0 Å². The molecule has 0 unspecified atom stereocenters. The van der Waals surface area contributed by atoms with E-state index >= 15 is 0 Å². The van der Waals surface area contributed by atoms with Crippen molar-refractivity contribution in [3.8, 4) is 0 Å². The highest BCUT2D eigenvalue weighted by atomic mass is 32.1. The summed E-state index contributed by atoms with van der Waals surface area (Å²) in [7, 11) is 1.54. The van der Waals surface area contributed by atoms with Gasteiger partial charge in [-0.15, -0.1) is 0 Å². The lowest BCUT2D eigenvalue weighted by Crippen LogP contribution is -2.45. The Morgan fingerprint density at radius 1 is 1.77 bits per heavy atom. The molecule has 0 aliphatic rings. The predicted molar refractivity (Wildman–Crippen MR) is 50.7 cm³/mol. The van der Waals surface area contributed by atoms with Crippen LogP contribution >= 0.6 is 12.2 Å². The quantitative estimate of drug-likeness (QED) is 0.496. The van der Waals surface area contributed by atoms with Crippen LogP contribution in [-0.4, -0.2) is 23.1 Å². The van der Waals surface area contributed by atoms with E-state index in [1.807, 2.05) is 0 Å². The molecule has 0 saturated heterocycles. The lowest BCUT2D eigenvalue weighted by molar-refractivity contribution is 0.0859. The Bertz CT molecular complexity index is 310. The molecule has 0 aliphatic carbocycles. The summed E-state index contributed by atoms with van der Waals surface area (Å²) in [4.78, 5) is 11.3. The summed E-state index contributed by atoms with van der Waals surface area (Å²) in [6.07, 6.45) is 1.41. The molecule has 0 atom stereocenters. The summed E-state index contributed by atoms with van der Waals surface area (Å²) < 4.78 is 4.85. The van der Waals surface area contributed by atoms with Gasteiger partial charge in [0.2, 0.25) is 0 Å². The molecule has 70 valence electrons. The van der Waals surface area contributed by atoms with Crippen molar-refractivity contribution < 1.29 is 9.21 Å². The largest absolute Gasteiger partial charge is 0.459 e. The number of amides is 1. The standard InChI is InChI=1S/C7H9N3O2S/c1-10(7(8)13)9-6(11)5-3-2-4-12-5/h2-4H,1H3,(H2,8,13)(H,9,11). The molecule has 13 heavy (non-hydrogen) atoms. The molecule has 1 rings (SSSR count). The van der Waals surface area contributed by atoms with Gasteiger partial charge in [-0.25, -0.2) is 0 Å². The van der Waals surface area contributed by atoms with Crippen LogP contribution in [0.1, 0.15) is 10.6 Å². The van der Waals surface area contributed by atoms with E-state index in [1.54, 1.807) is 19.2 Å².